The van der Waals surface area contributed by atoms with Crippen molar-refractivity contribution in [3.05, 3.63) is 52.3 Å². The summed E-state index contributed by atoms with van der Waals surface area (Å²) in [7, 11) is 4.06. The van der Waals surface area contributed by atoms with Crippen molar-refractivity contribution in [3.8, 4) is 0 Å². The average Bonchev–Trinajstić information content (AvgIpc) is 3.37. The summed E-state index contributed by atoms with van der Waals surface area (Å²) in [6.07, 6.45) is 8.78. The summed E-state index contributed by atoms with van der Waals surface area (Å²) >= 11 is 1.58. The van der Waals surface area contributed by atoms with E-state index in [2.05, 4.69) is 47.1 Å². The van der Waals surface area contributed by atoms with Crippen molar-refractivity contribution < 1.29 is 0 Å². The largest absolute Gasteiger partial charge is 0.388 e. The van der Waals surface area contributed by atoms with Gasteiger partial charge in [0.2, 0.25) is 0 Å². The lowest BCUT2D eigenvalue weighted by molar-refractivity contribution is 0.356. The maximum absolute atomic E-state index is 6.75. The fourth-order valence-corrected chi connectivity index (χ4v) is 4.28. The number of H-pyrrole nitrogens is 1. The molecule has 138 valence electrons. The second-order valence-corrected chi connectivity index (χ2v) is 7.74. The van der Waals surface area contributed by atoms with E-state index in [-0.39, 0.29) is 0 Å². The normalized spacial score (nSPS) is 19.6. The molecule has 0 amide bonds. The molecule has 1 aliphatic rings. The van der Waals surface area contributed by atoms with E-state index in [9.17, 15) is 0 Å². The summed E-state index contributed by atoms with van der Waals surface area (Å²) in [6, 6.07) is 11.1. The van der Waals surface area contributed by atoms with E-state index >= 15 is 0 Å². The van der Waals surface area contributed by atoms with Gasteiger partial charge in [-0.1, -0.05) is 12.5 Å². The monoisotopic (exact) mass is 368 g/mol. The lowest BCUT2D eigenvalue weighted by atomic mass is 9.81. The molecular formula is C21H28N4S. The van der Waals surface area contributed by atoms with Crippen molar-refractivity contribution in [2.24, 2.45) is 0 Å². The summed E-state index contributed by atoms with van der Waals surface area (Å²) in [5.74, 6) is 0.687. The zero-order valence-electron chi connectivity index (χ0n) is 15.5. The number of aromatic amines is 1. The first-order valence-corrected chi connectivity index (χ1v) is 10.1. The highest BCUT2D eigenvalue weighted by molar-refractivity contribution is 7.11. The number of thiophene rings is 1. The highest BCUT2D eigenvalue weighted by Gasteiger charge is 2.24. The number of fused-ring (bicyclic) bond motifs is 1. The lowest BCUT2D eigenvalue weighted by Gasteiger charge is -2.28. The van der Waals surface area contributed by atoms with Gasteiger partial charge in [0.1, 0.15) is 0 Å². The van der Waals surface area contributed by atoms with Crippen LogP contribution in [-0.2, 0) is 0 Å². The van der Waals surface area contributed by atoms with Crippen LogP contribution < -0.4 is 10.6 Å². The van der Waals surface area contributed by atoms with Gasteiger partial charge in [0.05, 0.1) is 0 Å². The molecule has 0 bridgehead atoms. The van der Waals surface area contributed by atoms with Crippen LogP contribution in [0.25, 0.3) is 10.9 Å². The molecule has 2 heterocycles. The van der Waals surface area contributed by atoms with Crippen LogP contribution in [-0.4, -0.2) is 31.3 Å². The smallest absolute Gasteiger partial charge is 0.0458 e. The van der Waals surface area contributed by atoms with Crippen LogP contribution in [0.2, 0.25) is 0 Å². The second-order valence-electron chi connectivity index (χ2n) is 6.76. The van der Waals surface area contributed by atoms with Gasteiger partial charge < -0.3 is 21.0 Å². The van der Waals surface area contributed by atoms with Crippen molar-refractivity contribution in [2.75, 3.05) is 19.4 Å². The zero-order valence-corrected chi connectivity index (χ0v) is 16.3. The van der Waals surface area contributed by atoms with Crippen LogP contribution in [0.1, 0.15) is 42.0 Å². The molecule has 1 saturated carbocycles. The molecule has 0 aliphatic heterocycles. The summed E-state index contributed by atoms with van der Waals surface area (Å²) in [5.41, 5.74) is 3.93. The molecule has 4 N–H and O–H groups in total. The Bertz CT molecular complexity index is 822. The van der Waals surface area contributed by atoms with E-state index in [1.54, 1.807) is 11.3 Å². The summed E-state index contributed by atoms with van der Waals surface area (Å²) in [5, 5.41) is 16.8. The number of hydrogen-bond donors (Lipinski definition) is 4. The number of rotatable bonds is 4. The Morgan fingerprint density at radius 1 is 1.23 bits per heavy atom. The minimum Gasteiger partial charge on any atom is -0.388 e. The maximum Gasteiger partial charge on any atom is 0.0458 e. The van der Waals surface area contributed by atoms with Gasteiger partial charge in [-0.15, -0.1) is 11.3 Å². The molecule has 1 fully saturated rings. The van der Waals surface area contributed by atoms with Gasteiger partial charge in [0, 0.05) is 47.0 Å². The van der Waals surface area contributed by atoms with Gasteiger partial charge in [-0.05, 0) is 67.4 Å². The Morgan fingerprint density at radius 3 is 2.77 bits per heavy atom. The Hall–Kier alpha value is -2.11. The molecular weight excluding hydrogens is 340 g/mol. The number of benzene rings is 1. The molecule has 2 unspecified atom stereocenters. The van der Waals surface area contributed by atoms with Gasteiger partial charge in [-0.2, -0.15) is 0 Å². The fourth-order valence-electron chi connectivity index (χ4n) is 3.74. The van der Waals surface area contributed by atoms with E-state index < -0.39 is 0 Å². The minimum absolute atomic E-state index is 0.677. The number of hydrogen-bond acceptors (Lipinski definition) is 4. The van der Waals surface area contributed by atoms with Crippen LogP contribution in [0.4, 0.5) is 5.69 Å². The third-order valence-electron chi connectivity index (χ3n) is 5.21. The molecule has 4 rings (SSSR count). The van der Waals surface area contributed by atoms with Crippen molar-refractivity contribution >= 4 is 34.1 Å². The Morgan fingerprint density at radius 2 is 2.12 bits per heavy atom. The summed E-state index contributed by atoms with van der Waals surface area (Å²) < 4.78 is 0. The molecule has 4 nitrogen and oxygen atoms in total. The first-order valence-electron chi connectivity index (χ1n) is 9.25. The minimum atomic E-state index is 0.677. The molecule has 1 aliphatic carbocycles. The lowest BCUT2D eigenvalue weighted by Crippen LogP contribution is -2.30. The predicted octanol–water partition coefficient (Wildman–Crippen LogP) is 5.20. The first kappa shape index (κ1) is 18.7. The van der Waals surface area contributed by atoms with Gasteiger partial charge in [-0.25, -0.2) is 0 Å². The number of nitrogens with one attached hydrogen (secondary N) is 4. The van der Waals surface area contributed by atoms with Crippen LogP contribution in [0.3, 0.4) is 0 Å². The van der Waals surface area contributed by atoms with Crippen molar-refractivity contribution in [3.63, 3.8) is 0 Å². The number of anilines is 1. The van der Waals surface area contributed by atoms with E-state index in [1.807, 2.05) is 24.6 Å². The Labute approximate surface area is 159 Å². The number of aromatic nitrogens is 1. The maximum atomic E-state index is 6.75. The molecule has 2 aromatic heterocycles. The molecule has 2 atom stereocenters. The van der Waals surface area contributed by atoms with Gasteiger partial charge >= 0.3 is 0 Å². The summed E-state index contributed by atoms with van der Waals surface area (Å²) in [6.45, 7) is 0. The highest BCUT2D eigenvalue weighted by atomic mass is 32.1. The van der Waals surface area contributed by atoms with E-state index in [0.717, 1.165) is 4.88 Å². The summed E-state index contributed by atoms with van der Waals surface area (Å²) in [4.78, 5) is 4.44. The van der Waals surface area contributed by atoms with E-state index in [4.69, 9.17) is 5.41 Å². The van der Waals surface area contributed by atoms with Gasteiger partial charge in [0.15, 0.2) is 0 Å². The van der Waals surface area contributed by atoms with Crippen molar-refractivity contribution in [1.82, 2.24) is 10.3 Å². The fraction of sp³-hybridized carbons (Fsp3) is 0.381. The molecule has 0 radical (unpaired) electrons. The average molecular weight is 369 g/mol. The van der Waals surface area contributed by atoms with Gasteiger partial charge in [0.25, 0.3) is 0 Å². The molecule has 0 saturated heterocycles. The second kappa shape index (κ2) is 9.01. The SMILES string of the molecule is CNc1ccc2[nH]cc(C3CCCC(NC)C3)c2c1.N=Cc1cccs1. The Balaban J connectivity index is 0.000000236. The standard InChI is InChI=1S/C16H23N3.C5H5NS/c1-17-12-5-3-4-11(8-12)15-10-19-16-7-6-13(18-2)9-14(15)16;6-4-5-2-1-3-7-5/h6-7,9-12,17-19H,3-5,8H2,1-2H3;1-4,6H. The third-order valence-corrected chi connectivity index (χ3v) is 6.03. The van der Waals surface area contributed by atoms with Crippen LogP contribution in [0, 0.1) is 5.41 Å². The molecule has 5 heteroatoms. The topological polar surface area (TPSA) is 63.7 Å². The predicted molar refractivity (Wildman–Crippen MR) is 114 cm³/mol. The molecule has 1 aromatic carbocycles. The van der Waals surface area contributed by atoms with E-state index in [1.165, 1.54) is 54.1 Å². The van der Waals surface area contributed by atoms with Crippen LogP contribution in [0.15, 0.2) is 41.9 Å². The molecule has 3 aromatic rings. The molecule has 0 spiro atoms. The highest BCUT2D eigenvalue weighted by Crippen LogP contribution is 2.37. The van der Waals surface area contributed by atoms with Gasteiger partial charge in [-0.3, -0.25) is 0 Å². The van der Waals surface area contributed by atoms with Crippen molar-refractivity contribution in [2.45, 2.75) is 37.6 Å². The zero-order chi connectivity index (χ0) is 18.4. The molecule has 26 heavy (non-hydrogen) atoms. The quantitative estimate of drug-likeness (QED) is 0.478. The van der Waals surface area contributed by atoms with Crippen molar-refractivity contribution in [1.29, 1.82) is 5.41 Å². The van der Waals surface area contributed by atoms with Crippen LogP contribution >= 0.6 is 11.3 Å². The Kier molecular flexibility index (Phi) is 6.47. The van der Waals surface area contributed by atoms with Crippen LogP contribution in [0.5, 0.6) is 0 Å². The third kappa shape index (κ3) is 4.34. The van der Waals surface area contributed by atoms with E-state index in [0.29, 0.717) is 12.0 Å². The first-order chi connectivity index (χ1) is 12.7.